The van der Waals surface area contributed by atoms with E-state index in [4.69, 9.17) is 0 Å². The van der Waals surface area contributed by atoms with Gasteiger partial charge in [0.25, 0.3) is 0 Å². The summed E-state index contributed by atoms with van der Waals surface area (Å²) < 4.78 is 13.3. The highest BCUT2D eigenvalue weighted by Crippen LogP contribution is 2.42. The molecule has 19 heavy (non-hydrogen) atoms. The van der Waals surface area contributed by atoms with Gasteiger partial charge in [-0.2, -0.15) is 0 Å². The molecule has 1 aliphatic rings. The van der Waals surface area contributed by atoms with Gasteiger partial charge in [0.2, 0.25) is 6.54 Å². The van der Waals surface area contributed by atoms with Gasteiger partial charge in [0.1, 0.15) is 5.82 Å². The molecule has 0 unspecified atom stereocenters. The van der Waals surface area contributed by atoms with Crippen LogP contribution in [0.3, 0.4) is 0 Å². The number of carbonyl (C=O) groups excluding carboxylic acids is 1. The molecular formula is C14H14FNO3. The van der Waals surface area contributed by atoms with Crippen LogP contribution in [0.15, 0.2) is 23.8 Å². The van der Waals surface area contributed by atoms with Crippen molar-refractivity contribution in [3.8, 4) is 0 Å². The number of fused-ring (bicyclic) bond motifs is 1. The van der Waals surface area contributed by atoms with E-state index in [1.54, 1.807) is 19.9 Å². The third-order valence-corrected chi connectivity index (χ3v) is 3.50. The fraction of sp³-hybridized carbons (Fsp3) is 0.357. The summed E-state index contributed by atoms with van der Waals surface area (Å²) >= 11 is 0. The van der Waals surface area contributed by atoms with Gasteiger partial charge in [-0.25, -0.2) is 4.39 Å². The zero-order chi connectivity index (χ0) is 14.2. The van der Waals surface area contributed by atoms with Crippen LogP contribution in [0.2, 0.25) is 0 Å². The van der Waals surface area contributed by atoms with Crippen LogP contribution >= 0.6 is 0 Å². The van der Waals surface area contributed by atoms with E-state index in [2.05, 4.69) is 0 Å². The van der Waals surface area contributed by atoms with Gasteiger partial charge in [-0.15, -0.1) is 0 Å². The number of ketones is 1. The predicted molar refractivity (Wildman–Crippen MR) is 68.9 cm³/mol. The zero-order valence-electron chi connectivity index (χ0n) is 10.8. The van der Waals surface area contributed by atoms with Gasteiger partial charge < -0.3 is 0 Å². The number of carbonyl (C=O) groups is 1. The minimum Gasteiger partial charge on any atom is -0.295 e. The van der Waals surface area contributed by atoms with Gasteiger partial charge in [0.05, 0.1) is 5.92 Å². The smallest absolute Gasteiger partial charge is 0.214 e. The average Bonchev–Trinajstić information content (AvgIpc) is 2.61. The zero-order valence-corrected chi connectivity index (χ0v) is 10.8. The Morgan fingerprint density at radius 3 is 2.74 bits per heavy atom. The molecule has 1 atom stereocenters. The van der Waals surface area contributed by atoms with Gasteiger partial charge in [-0.3, -0.25) is 14.9 Å². The van der Waals surface area contributed by atoms with Gasteiger partial charge in [-0.05, 0) is 35.8 Å². The lowest BCUT2D eigenvalue weighted by atomic mass is 9.92. The van der Waals surface area contributed by atoms with Crippen LogP contribution in [0.1, 0.15) is 37.3 Å². The molecule has 0 spiro atoms. The first-order valence-corrected chi connectivity index (χ1v) is 6.11. The summed E-state index contributed by atoms with van der Waals surface area (Å²) in [6.45, 7) is 3.10. The molecule has 0 bridgehead atoms. The van der Waals surface area contributed by atoms with Crippen LogP contribution in [0.4, 0.5) is 4.39 Å². The third-order valence-electron chi connectivity index (χ3n) is 3.50. The Morgan fingerprint density at radius 1 is 1.47 bits per heavy atom. The molecule has 2 rings (SSSR count). The highest BCUT2D eigenvalue weighted by molar-refractivity contribution is 6.06. The fourth-order valence-corrected chi connectivity index (χ4v) is 2.66. The summed E-state index contributed by atoms with van der Waals surface area (Å²) in [5.41, 5.74) is 2.48. The van der Waals surface area contributed by atoms with Gasteiger partial charge >= 0.3 is 0 Å². The molecule has 0 saturated carbocycles. The predicted octanol–water partition coefficient (Wildman–Crippen LogP) is 2.95. The minimum atomic E-state index is -0.631. The molecule has 0 fully saturated rings. The number of nitrogens with zero attached hydrogens (tertiary/aromatic N) is 1. The van der Waals surface area contributed by atoms with E-state index < -0.39 is 16.7 Å². The molecule has 1 aromatic carbocycles. The minimum absolute atomic E-state index is 0.110. The number of nitro groups is 1. The summed E-state index contributed by atoms with van der Waals surface area (Å²) in [6.07, 6.45) is 0.289. The fourth-order valence-electron chi connectivity index (χ4n) is 2.66. The first-order valence-electron chi connectivity index (χ1n) is 6.11. The molecule has 0 amide bonds. The third kappa shape index (κ3) is 2.28. The molecule has 5 heteroatoms. The lowest BCUT2D eigenvalue weighted by Gasteiger charge is -2.11. The molecule has 0 N–H and O–H groups in total. The van der Waals surface area contributed by atoms with E-state index in [0.29, 0.717) is 11.1 Å². The van der Waals surface area contributed by atoms with Crippen LogP contribution in [-0.2, 0) is 4.79 Å². The van der Waals surface area contributed by atoms with Crippen LogP contribution in [0.5, 0.6) is 0 Å². The Morgan fingerprint density at radius 2 is 2.16 bits per heavy atom. The first kappa shape index (κ1) is 13.4. The Balaban J connectivity index is 2.57. The largest absolute Gasteiger partial charge is 0.295 e. The summed E-state index contributed by atoms with van der Waals surface area (Å²) in [5.74, 6) is -1.18. The number of rotatable bonds is 4. The maximum absolute atomic E-state index is 13.3. The second-order valence-corrected chi connectivity index (χ2v) is 4.61. The van der Waals surface area contributed by atoms with Crippen molar-refractivity contribution >= 4 is 11.4 Å². The molecule has 1 aliphatic carbocycles. The SMILES string of the molecule is CCC(=O)C1=C(C)c2ccc(F)cc2[C@H]1C[N+](=O)[O-]. The molecule has 0 heterocycles. The van der Waals surface area contributed by atoms with Crippen molar-refractivity contribution in [1.29, 1.82) is 0 Å². The van der Waals surface area contributed by atoms with Gasteiger partial charge in [-0.1, -0.05) is 13.0 Å². The topological polar surface area (TPSA) is 60.2 Å². The molecule has 1 aromatic rings. The van der Waals surface area contributed by atoms with Crippen LogP contribution in [0, 0.1) is 15.9 Å². The van der Waals surface area contributed by atoms with Crippen molar-refractivity contribution in [1.82, 2.24) is 0 Å². The summed E-state index contributed by atoms with van der Waals surface area (Å²) in [4.78, 5) is 22.3. The van der Waals surface area contributed by atoms with Crippen molar-refractivity contribution in [2.45, 2.75) is 26.2 Å². The average molecular weight is 263 g/mol. The van der Waals surface area contributed by atoms with Crippen molar-refractivity contribution in [3.63, 3.8) is 0 Å². The molecule has 0 aromatic heterocycles. The maximum atomic E-state index is 13.3. The van der Waals surface area contributed by atoms with Crippen molar-refractivity contribution in [2.75, 3.05) is 6.54 Å². The molecule has 4 nitrogen and oxygen atoms in total. The molecule has 0 saturated heterocycles. The standard InChI is InChI=1S/C14H14FNO3/c1-3-13(17)14-8(2)10-5-4-9(15)6-11(10)12(14)7-16(18)19/h4-6,12H,3,7H2,1-2H3/t12-/m1/s1. The Hall–Kier alpha value is -2.04. The van der Waals surface area contributed by atoms with Gasteiger partial charge in [0.15, 0.2) is 5.78 Å². The van der Waals surface area contributed by atoms with Gasteiger partial charge in [0, 0.05) is 16.9 Å². The van der Waals surface area contributed by atoms with E-state index in [1.807, 2.05) is 0 Å². The van der Waals surface area contributed by atoms with Crippen LogP contribution in [-0.4, -0.2) is 17.3 Å². The lowest BCUT2D eigenvalue weighted by Crippen LogP contribution is -2.17. The summed E-state index contributed by atoms with van der Waals surface area (Å²) in [6, 6.07) is 4.19. The highest BCUT2D eigenvalue weighted by Gasteiger charge is 2.35. The Labute approximate surface area is 110 Å². The number of halogens is 1. The van der Waals surface area contributed by atoms with E-state index in [-0.39, 0.29) is 18.7 Å². The summed E-state index contributed by atoms with van der Waals surface area (Å²) in [5, 5.41) is 10.8. The van der Waals surface area contributed by atoms with Crippen LogP contribution < -0.4 is 0 Å². The number of hydrogen-bond donors (Lipinski definition) is 0. The van der Waals surface area contributed by atoms with E-state index in [1.165, 1.54) is 12.1 Å². The normalized spacial score (nSPS) is 17.5. The number of benzene rings is 1. The Kier molecular flexibility index (Phi) is 3.46. The quantitative estimate of drug-likeness (QED) is 0.619. The molecular weight excluding hydrogens is 249 g/mol. The summed E-state index contributed by atoms with van der Waals surface area (Å²) in [7, 11) is 0. The van der Waals surface area contributed by atoms with Crippen LogP contribution in [0.25, 0.3) is 5.57 Å². The number of allylic oxidation sites excluding steroid dienone is 1. The Bertz CT molecular complexity index is 592. The second kappa shape index (κ2) is 4.91. The number of Topliss-reactive ketones (excluding diaryl/α,β-unsaturated/α-hetero) is 1. The van der Waals surface area contributed by atoms with Crippen molar-refractivity contribution in [2.24, 2.45) is 0 Å². The first-order chi connectivity index (χ1) is 8.95. The molecule has 0 radical (unpaired) electrons. The lowest BCUT2D eigenvalue weighted by molar-refractivity contribution is -0.481. The van der Waals surface area contributed by atoms with E-state index in [0.717, 1.165) is 11.1 Å². The van der Waals surface area contributed by atoms with E-state index >= 15 is 0 Å². The number of hydrogen-bond acceptors (Lipinski definition) is 3. The van der Waals surface area contributed by atoms with Crippen molar-refractivity contribution < 1.29 is 14.1 Å². The maximum Gasteiger partial charge on any atom is 0.214 e. The highest BCUT2D eigenvalue weighted by atomic mass is 19.1. The monoisotopic (exact) mass is 263 g/mol. The molecule has 0 aliphatic heterocycles. The second-order valence-electron chi connectivity index (χ2n) is 4.61. The van der Waals surface area contributed by atoms with E-state index in [9.17, 15) is 19.3 Å². The van der Waals surface area contributed by atoms with Crippen molar-refractivity contribution in [3.05, 3.63) is 50.8 Å². The molecule has 100 valence electrons.